The van der Waals surface area contributed by atoms with Crippen molar-refractivity contribution in [2.75, 3.05) is 6.61 Å². The highest BCUT2D eigenvalue weighted by Gasteiger charge is 2.56. The standard InChI is InChI=1S/C7H10Br2O2/c1-4-10-3-6(11-4)5-2-7(5,8)9/h4-6H,2-3H2,1H3. The van der Waals surface area contributed by atoms with E-state index in [-0.39, 0.29) is 15.6 Å². The summed E-state index contributed by atoms with van der Waals surface area (Å²) in [5.74, 6) is 0.576. The van der Waals surface area contributed by atoms with Gasteiger partial charge in [0.25, 0.3) is 0 Å². The van der Waals surface area contributed by atoms with Crippen LogP contribution in [0.5, 0.6) is 0 Å². The fourth-order valence-corrected chi connectivity index (χ4v) is 2.69. The summed E-state index contributed by atoms with van der Waals surface area (Å²) in [4.78, 5) is 0. The molecule has 1 saturated heterocycles. The van der Waals surface area contributed by atoms with Crippen LogP contribution in [0.15, 0.2) is 0 Å². The molecule has 2 nitrogen and oxygen atoms in total. The summed E-state index contributed by atoms with van der Waals surface area (Å²) in [6.45, 7) is 2.68. The van der Waals surface area contributed by atoms with Crippen molar-refractivity contribution in [2.45, 2.75) is 29.0 Å². The van der Waals surface area contributed by atoms with Crippen molar-refractivity contribution >= 4 is 31.9 Å². The second-order valence-corrected chi connectivity index (χ2v) is 7.04. The van der Waals surface area contributed by atoms with Gasteiger partial charge in [0, 0.05) is 5.92 Å². The van der Waals surface area contributed by atoms with Crippen molar-refractivity contribution in [3.8, 4) is 0 Å². The van der Waals surface area contributed by atoms with E-state index in [1.54, 1.807) is 0 Å². The maximum atomic E-state index is 5.54. The van der Waals surface area contributed by atoms with Crippen LogP contribution in [0.25, 0.3) is 0 Å². The molecule has 0 aromatic carbocycles. The summed E-state index contributed by atoms with van der Waals surface area (Å²) in [6, 6.07) is 0. The lowest BCUT2D eigenvalue weighted by Crippen LogP contribution is -2.16. The van der Waals surface area contributed by atoms with Crippen molar-refractivity contribution in [1.29, 1.82) is 0 Å². The van der Waals surface area contributed by atoms with E-state index in [1.807, 2.05) is 6.92 Å². The summed E-state index contributed by atoms with van der Waals surface area (Å²) in [6.07, 6.45) is 1.40. The van der Waals surface area contributed by atoms with Crippen LogP contribution >= 0.6 is 31.9 Å². The number of ether oxygens (including phenoxy) is 2. The van der Waals surface area contributed by atoms with Crippen LogP contribution in [0.4, 0.5) is 0 Å². The zero-order valence-electron chi connectivity index (χ0n) is 6.22. The van der Waals surface area contributed by atoms with Crippen LogP contribution in [0.3, 0.4) is 0 Å². The number of alkyl halides is 2. The minimum atomic E-state index is -0.0172. The fraction of sp³-hybridized carbons (Fsp3) is 1.00. The Kier molecular flexibility index (Phi) is 2.07. The number of hydrogen-bond acceptors (Lipinski definition) is 2. The molecule has 1 aliphatic heterocycles. The summed E-state index contributed by atoms with van der Waals surface area (Å²) in [7, 11) is 0. The third-order valence-corrected chi connectivity index (χ3v) is 4.01. The number of rotatable bonds is 1. The zero-order valence-corrected chi connectivity index (χ0v) is 9.39. The molecule has 3 atom stereocenters. The van der Waals surface area contributed by atoms with Gasteiger partial charge in [0.15, 0.2) is 6.29 Å². The molecule has 0 amide bonds. The van der Waals surface area contributed by atoms with Gasteiger partial charge < -0.3 is 9.47 Å². The quantitative estimate of drug-likeness (QED) is 0.688. The molecule has 0 spiro atoms. The van der Waals surface area contributed by atoms with E-state index >= 15 is 0 Å². The smallest absolute Gasteiger partial charge is 0.155 e. The first-order valence-electron chi connectivity index (χ1n) is 3.74. The minimum absolute atomic E-state index is 0.0172. The van der Waals surface area contributed by atoms with Gasteiger partial charge in [0.2, 0.25) is 0 Å². The van der Waals surface area contributed by atoms with Gasteiger partial charge in [-0.25, -0.2) is 0 Å². The summed E-state index contributed by atoms with van der Waals surface area (Å²) >= 11 is 7.13. The predicted octanol–water partition coefficient (Wildman–Crippen LogP) is 2.25. The van der Waals surface area contributed by atoms with Gasteiger partial charge in [0.05, 0.1) is 15.9 Å². The Morgan fingerprint density at radius 1 is 1.45 bits per heavy atom. The lowest BCUT2D eigenvalue weighted by Gasteiger charge is -2.07. The number of halogens is 2. The second kappa shape index (κ2) is 2.69. The van der Waals surface area contributed by atoms with E-state index in [0.29, 0.717) is 5.92 Å². The minimum Gasteiger partial charge on any atom is -0.350 e. The average Bonchev–Trinajstić information content (AvgIpc) is 2.39. The molecular formula is C7H10Br2O2. The molecule has 4 heteroatoms. The van der Waals surface area contributed by atoms with Gasteiger partial charge in [0.1, 0.15) is 0 Å². The third-order valence-electron chi connectivity index (χ3n) is 2.18. The lowest BCUT2D eigenvalue weighted by atomic mass is 10.2. The van der Waals surface area contributed by atoms with Gasteiger partial charge in [-0.3, -0.25) is 0 Å². The Balaban J connectivity index is 1.90. The van der Waals surface area contributed by atoms with E-state index in [0.717, 1.165) is 13.0 Å². The zero-order chi connectivity index (χ0) is 8.06. The second-order valence-electron chi connectivity index (χ2n) is 3.15. The van der Waals surface area contributed by atoms with Crippen molar-refractivity contribution in [3.05, 3.63) is 0 Å². The van der Waals surface area contributed by atoms with Crippen LogP contribution in [0, 0.1) is 5.92 Å². The predicted molar refractivity (Wildman–Crippen MR) is 49.0 cm³/mol. The van der Waals surface area contributed by atoms with Crippen LogP contribution < -0.4 is 0 Å². The topological polar surface area (TPSA) is 18.5 Å². The molecule has 3 unspecified atom stereocenters. The molecule has 0 bridgehead atoms. The van der Waals surface area contributed by atoms with E-state index in [9.17, 15) is 0 Å². The van der Waals surface area contributed by atoms with Crippen molar-refractivity contribution in [2.24, 2.45) is 5.92 Å². The third kappa shape index (κ3) is 1.64. The van der Waals surface area contributed by atoms with E-state index in [4.69, 9.17) is 9.47 Å². The van der Waals surface area contributed by atoms with E-state index < -0.39 is 0 Å². The van der Waals surface area contributed by atoms with E-state index in [2.05, 4.69) is 31.9 Å². The normalized spacial score (nSPS) is 47.7. The Morgan fingerprint density at radius 2 is 2.09 bits per heavy atom. The monoisotopic (exact) mass is 284 g/mol. The maximum absolute atomic E-state index is 5.54. The lowest BCUT2D eigenvalue weighted by molar-refractivity contribution is -0.0455. The Hall–Kier alpha value is 0.880. The molecule has 64 valence electrons. The molecule has 0 aromatic rings. The molecule has 2 rings (SSSR count). The highest BCUT2D eigenvalue weighted by Crippen LogP contribution is 2.59. The first kappa shape index (κ1) is 8.48. The molecular weight excluding hydrogens is 276 g/mol. The summed E-state index contributed by atoms with van der Waals surface area (Å²) in [5, 5.41) is 0. The van der Waals surface area contributed by atoms with Gasteiger partial charge >= 0.3 is 0 Å². The van der Waals surface area contributed by atoms with Gasteiger partial charge in [-0.2, -0.15) is 0 Å². The van der Waals surface area contributed by atoms with Gasteiger partial charge in [-0.1, -0.05) is 31.9 Å². The first-order valence-corrected chi connectivity index (χ1v) is 5.33. The maximum Gasteiger partial charge on any atom is 0.155 e. The molecule has 1 saturated carbocycles. The van der Waals surface area contributed by atoms with Crippen LogP contribution in [0.2, 0.25) is 0 Å². The van der Waals surface area contributed by atoms with Crippen molar-refractivity contribution in [1.82, 2.24) is 0 Å². The molecule has 2 aliphatic rings. The van der Waals surface area contributed by atoms with Gasteiger partial charge in [-0.05, 0) is 13.3 Å². The SMILES string of the molecule is CC1OCC(C2CC2(Br)Br)O1. The fourth-order valence-electron chi connectivity index (χ4n) is 1.40. The molecule has 1 aliphatic carbocycles. The Bertz CT molecular complexity index is 172. The molecule has 0 aromatic heterocycles. The molecule has 1 heterocycles. The summed E-state index contributed by atoms with van der Waals surface area (Å²) in [5.41, 5.74) is 0. The largest absolute Gasteiger partial charge is 0.350 e. The van der Waals surface area contributed by atoms with E-state index in [1.165, 1.54) is 0 Å². The average molecular weight is 286 g/mol. The molecule has 0 N–H and O–H groups in total. The summed E-state index contributed by atoms with van der Waals surface area (Å²) < 4.78 is 11.0. The number of hydrogen-bond donors (Lipinski definition) is 0. The highest BCUT2D eigenvalue weighted by atomic mass is 79.9. The molecule has 0 radical (unpaired) electrons. The van der Waals surface area contributed by atoms with Crippen LogP contribution in [-0.2, 0) is 9.47 Å². The first-order chi connectivity index (χ1) is 5.09. The highest BCUT2D eigenvalue weighted by molar-refractivity contribution is 9.25. The molecule has 2 fully saturated rings. The Labute approximate surface area is 82.9 Å². The van der Waals surface area contributed by atoms with Crippen molar-refractivity contribution in [3.63, 3.8) is 0 Å². The molecule has 11 heavy (non-hydrogen) atoms. The van der Waals surface area contributed by atoms with Crippen LogP contribution in [0.1, 0.15) is 13.3 Å². The van der Waals surface area contributed by atoms with Crippen LogP contribution in [-0.4, -0.2) is 22.2 Å². The van der Waals surface area contributed by atoms with Gasteiger partial charge in [-0.15, -0.1) is 0 Å². The Morgan fingerprint density at radius 3 is 2.45 bits per heavy atom. The van der Waals surface area contributed by atoms with Crippen molar-refractivity contribution < 1.29 is 9.47 Å².